The van der Waals surface area contributed by atoms with Crippen LogP contribution in [0.15, 0.2) is 59.7 Å². The number of carbonyl (C=O) groups excluding carboxylic acids is 1. The van der Waals surface area contributed by atoms with E-state index in [1.165, 1.54) is 11.0 Å². The van der Waals surface area contributed by atoms with E-state index < -0.39 is 5.91 Å². The zero-order chi connectivity index (χ0) is 20.2. The number of tetrazole rings is 1. The second kappa shape index (κ2) is 8.15. The monoisotopic (exact) mass is 405 g/mol. The fourth-order valence-electron chi connectivity index (χ4n) is 2.71. The highest BCUT2D eigenvalue weighted by molar-refractivity contribution is 6.32. The highest BCUT2D eigenvalue weighted by Crippen LogP contribution is 2.20. The molecule has 9 heteroatoms. The van der Waals surface area contributed by atoms with Crippen LogP contribution >= 0.6 is 11.6 Å². The van der Waals surface area contributed by atoms with E-state index in [1.807, 2.05) is 61.5 Å². The van der Waals surface area contributed by atoms with Crippen molar-refractivity contribution in [3.63, 3.8) is 0 Å². The fraction of sp³-hybridized carbons (Fsp3) is 0.100. The van der Waals surface area contributed by atoms with Crippen LogP contribution in [-0.2, 0) is 11.3 Å². The predicted molar refractivity (Wildman–Crippen MR) is 110 cm³/mol. The third-order valence-electron chi connectivity index (χ3n) is 4.12. The first-order valence-electron chi connectivity index (χ1n) is 8.80. The smallest absolute Gasteiger partial charge is 0.263 e. The fourth-order valence-corrected chi connectivity index (χ4v) is 2.91. The maximum absolute atomic E-state index is 12.1. The topological polar surface area (TPSA) is 98.0 Å². The van der Waals surface area contributed by atoms with Crippen LogP contribution in [-0.4, -0.2) is 37.3 Å². The zero-order valence-electron chi connectivity index (χ0n) is 15.5. The molecule has 2 heterocycles. The van der Waals surface area contributed by atoms with Crippen LogP contribution in [0.25, 0.3) is 22.3 Å². The summed E-state index contributed by atoms with van der Waals surface area (Å²) in [6, 6.07) is 17.2. The van der Waals surface area contributed by atoms with Crippen molar-refractivity contribution in [3.05, 3.63) is 70.9 Å². The van der Waals surface area contributed by atoms with E-state index in [2.05, 4.69) is 30.9 Å². The Hall–Kier alpha value is -3.65. The molecule has 144 valence electrons. The second-order valence-corrected chi connectivity index (χ2v) is 6.73. The Morgan fingerprint density at radius 1 is 1.21 bits per heavy atom. The van der Waals surface area contributed by atoms with Crippen LogP contribution in [0, 0.1) is 6.92 Å². The number of rotatable bonds is 5. The molecule has 0 radical (unpaired) electrons. The molecule has 0 aliphatic carbocycles. The number of nitrogens with zero attached hydrogens (tertiary/aromatic N) is 6. The summed E-state index contributed by atoms with van der Waals surface area (Å²) in [6.45, 7) is 1.88. The molecule has 0 unspecified atom stereocenters. The summed E-state index contributed by atoms with van der Waals surface area (Å²) in [7, 11) is 0. The average molecular weight is 406 g/mol. The minimum Gasteiger partial charge on any atom is -0.271 e. The predicted octanol–water partition coefficient (Wildman–Crippen LogP) is 3.00. The quantitative estimate of drug-likeness (QED) is 0.312. The maximum atomic E-state index is 12.1. The maximum Gasteiger partial charge on any atom is 0.263 e. The molecule has 0 spiro atoms. The molecule has 29 heavy (non-hydrogen) atoms. The van der Waals surface area contributed by atoms with Gasteiger partial charge in [-0.15, -0.1) is 10.2 Å². The van der Waals surface area contributed by atoms with Gasteiger partial charge in [-0.25, -0.2) is 10.4 Å². The van der Waals surface area contributed by atoms with E-state index in [1.54, 1.807) is 0 Å². The number of carbonyl (C=O) groups is 1. The summed E-state index contributed by atoms with van der Waals surface area (Å²) in [6.07, 6.45) is 1.46. The molecule has 1 amide bonds. The summed E-state index contributed by atoms with van der Waals surface area (Å²) in [4.78, 5) is 17.7. The SMILES string of the molecule is Cc1ccc2cc(/C=N\NC(=O)Cn3nnc(-c4ccccc4)n3)c(Cl)nc2c1. The van der Waals surface area contributed by atoms with Gasteiger partial charge >= 0.3 is 0 Å². The van der Waals surface area contributed by atoms with E-state index in [0.29, 0.717) is 16.5 Å². The zero-order valence-corrected chi connectivity index (χ0v) is 16.2. The van der Waals surface area contributed by atoms with Crippen LogP contribution in [0.5, 0.6) is 0 Å². The van der Waals surface area contributed by atoms with Crippen LogP contribution in [0.3, 0.4) is 0 Å². The van der Waals surface area contributed by atoms with Gasteiger partial charge in [0.15, 0.2) is 0 Å². The molecule has 0 saturated carbocycles. The Balaban J connectivity index is 1.40. The van der Waals surface area contributed by atoms with Gasteiger partial charge < -0.3 is 0 Å². The summed E-state index contributed by atoms with van der Waals surface area (Å²) >= 11 is 6.21. The Morgan fingerprint density at radius 2 is 2.03 bits per heavy atom. The van der Waals surface area contributed by atoms with Gasteiger partial charge in [0.05, 0.1) is 11.7 Å². The lowest BCUT2D eigenvalue weighted by Gasteiger charge is -2.03. The van der Waals surface area contributed by atoms with Crippen molar-refractivity contribution in [2.24, 2.45) is 5.10 Å². The Kier molecular flexibility index (Phi) is 5.26. The normalized spacial score (nSPS) is 11.2. The molecular weight excluding hydrogens is 390 g/mol. The van der Waals surface area contributed by atoms with E-state index >= 15 is 0 Å². The summed E-state index contributed by atoms with van der Waals surface area (Å²) in [5, 5.41) is 17.2. The molecule has 0 bridgehead atoms. The molecule has 0 fully saturated rings. The van der Waals surface area contributed by atoms with Gasteiger partial charge in [-0.3, -0.25) is 4.79 Å². The molecular formula is C20H16ClN7O. The highest BCUT2D eigenvalue weighted by Gasteiger charge is 2.09. The molecule has 8 nitrogen and oxygen atoms in total. The number of nitrogens with one attached hydrogen (secondary N) is 1. The van der Waals surface area contributed by atoms with Gasteiger partial charge in [0.25, 0.3) is 5.91 Å². The van der Waals surface area contributed by atoms with Crippen LogP contribution in [0.4, 0.5) is 0 Å². The van der Waals surface area contributed by atoms with E-state index in [4.69, 9.17) is 11.6 Å². The van der Waals surface area contributed by atoms with Gasteiger partial charge in [-0.05, 0) is 29.8 Å². The third-order valence-corrected chi connectivity index (χ3v) is 4.42. The van der Waals surface area contributed by atoms with Gasteiger partial charge in [-0.1, -0.05) is 54.1 Å². The van der Waals surface area contributed by atoms with Crippen LogP contribution < -0.4 is 5.43 Å². The molecule has 4 aromatic rings. The lowest BCUT2D eigenvalue weighted by atomic mass is 10.1. The standard InChI is InChI=1S/C20H16ClN7O/c1-13-7-8-15-10-16(19(21)23-17(15)9-13)11-22-24-18(29)12-28-26-20(25-27-28)14-5-3-2-4-6-14/h2-11H,12H2,1H3,(H,24,29)/b22-11-. The molecule has 0 aliphatic heterocycles. The van der Waals surface area contributed by atoms with Gasteiger partial charge in [0, 0.05) is 16.5 Å². The number of aryl methyl sites for hydroxylation is 1. The number of hydrogen-bond acceptors (Lipinski definition) is 6. The van der Waals surface area contributed by atoms with Crippen molar-refractivity contribution in [2.75, 3.05) is 0 Å². The number of benzene rings is 2. The minimum absolute atomic E-state index is 0.111. The minimum atomic E-state index is -0.390. The number of halogens is 1. The van der Waals surface area contributed by atoms with Crippen molar-refractivity contribution < 1.29 is 4.79 Å². The lowest BCUT2D eigenvalue weighted by Crippen LogP contribution is -2.24. The van der Waals surface area contributed by atoms with E-state index in [9.17, 15) is 4.79 Å². The van der Waals surface area contributed by atoms with Gasteiger partial charge in [0.2, 0.25) is 5.82 Å². The number of hydrogen-bond donors (Lipinski definition) is 1. The molecule has 0 atom stereocenters. The first-order valence-corrected chi connectivity index (χ1v) is 9.18. The van der Waals surface area contributed by atoms with Crippen molar-refractivity contribution in [1.82, 2.24) is 30.6 Å². The number of fused-ring (bicyclic) bond motifs is 1. The Labute approximate surface area is 171 Å². The van der Waals surface area contributed by atoms with E-state index in [-0.39, 0.29) is 6.54 Å². The Bertz CT molecular complexity index is 1200. The van der Waals surface area contributed by atoms with Gasteiger partial charge in [-0.2, -0.15) is 9.90 Å². The second-order valence-electron chi connectivity index (χ2n) is 6.37. The van der Waals surface area contributed by atoms with Crippen molar-refractivity contribution in [3.8, 4) is 11.4 Å². The number of pyridine rings is 1. The molecule has 0 saturated heterocycles. The number of hydrazone groups is 1. The van der Waals surface area contributed by atoms with E-state index in [0.717, 1.165) is 22.0 Å². The third kappa shape index (κ3) is 4.44. The first-order chi connectivity index (χ1) is 14.1. The van der Waals surface area contributed by atoms with Crippen molar-refractivity contribution >= 4 is 34.6 Å². The Morgan fingerprint density at radius 3 is 2.86 bits per heavy atom. The molecule has 2 aromatic heterocycles. The highest BCUT2D eigenvalue weighted by atomic mass is 35.5. The lowest BCUT2D eigenvalue weighted by molar-refractivity contribution is -0.122. The molecule has 2 aromatic carbocycles. The number of aromatic nitrogens is 5. The summed E-state index contributed by atoms with van der Waals surface area (Å²) in [5.41, 5.74) is 5.77. The van der Waals surface area contributed by atoms with Gasteiger partial charge in [0.1, 0.15) is 11.7 Å². The van der Waals surface area contributed by atoms with Crippen LogP contribution in [0.2, 0.25) is 5.15 Å². The molecule has 4 rings (SSSR count). The average Bonchev–Trinajstić information content (AvgIpc) is 3.17. The van der Waals surface area contributed by atoms with Crippen molar-refractivity contribution in [2.45, 2.75) is 13.5 Å². The summed E-state index contributed by atoms with van der Waals surface area (Å²) in [5.74, 6) is 0.0601. The first kappa shape index (κ1) is 18.7. The van der Waals surface area contributed by atoms with Crippen LogP contribution in [0.1, 0.15) is 11.1 Å². The number of amides is 1. The molecule has 0 aliphatic rings. The van der Waals surface area contributed by atoms with Crippen molar-refractivity contribution in [1.29, 1.82) is 0 Å². The molecule has 1 N–H and O–H groups in total. The largest absolute Gasteiger partial charge is 0.271 e. The summed E-state index contributed by atoms with van der Waals surface area (Å²) < 4.78 is 0.